The molecule has 0 aliphatic carbocycles. The molecule has 6 N–H and O–H groups in total. The molecule has 0 spiro atoms. The van der Waals surface area contributed by atoms with Gasteiger partial charge < -0.3 is 35.9 Å². The zero-order valence-corrected chi connectivity index (χ0v) is 14.9. The molecule has 0 bridgehead atoms. The van der Waals surface area contributed by atoms with Crippen LogP contribution in [-0.2, 0) is 23.9 Å². The van der Waals surface area contributed by atoms with E-state index in [1.54, 1.807) is 20.8 Å². The van der Waals surface area contributed by atoms with Gasteiger partial charge in [0.05, 0.1) is 0 Å². The third-order valence-electron chi connectivity index (χ3n) is 2.55. The normalized spacial score (nSPS) is 12.6. The minimum absolute atomic E-state index is 0.0231. The minimum Gasteiger partial charge on any atom is -0.481 e. The Hall–Kier alpha value is -2.69. The van der Waals surface area contributed by atoms with Crippen LogP contribution in [0.5, 0.6) is 0 Å². The van der Waals surface area contributed by atoms with E-state index in [1.165, 1.54) is 0 Å². The van der Waals surface area contributed by atoms with Crippen molar-refractivity contribution in [3.63, 3.8) is 0 Å². The number of hydrogen-bond donors (Lipinski definition) is 5. The third-order valence-corrected chi connectivity index (χ3v) is 2.55. The van der Waals surface area contributed by atoms with Gasteiger partial charge in [-0.2, -0.15) is 0 Å². The lowest BCUT2D eigenvalue weighted by Gasteiger charge is -2.21. The van der Waals surface area contributed by atoms with E-state index < -0.39 is 41.7 Å². The molecule has 2 atom stereocenters. The van der Waals surface area contributed by atoms with Crippen molar-refractivity contribution < 1.29 is 44.0 Å². The van der Waals surface area contributed by atoms with Crippen molar-refractivity contribution in [1.29, 1.82) is 0 Å². The van der Waals surface area contributed by atoms with Crippen LogP contribution in [0.4, 0.5) is 4.79 Å². The lowest BCUT2D eigenvalue weighted by atomic mass is 10.1. The first-order valence-corrected chi connectivity index (χ1v) is 7.66. The highest BCUT2D eigenvalue weighted by molar-refractivity contribution is 5.80. The number of alkyl carbamates (subject to hydrolysis) is 1. The van der Waals surface area contributed by atoms with Gasteiger partial charge in [0.15, 0.2) is 0 Å². The maximum absolute atomic E-state index is 11.3. The second-order valence-corrected chi connectivity index (χ2v) is 6.16. The fourth-order valence-corrected chi connectivity index (χ4v) is 1.34. The number of amides is 1. The Morgan fingerprint density at radius 2 is 1.62 bits per heavy atom. The van der Waals surface area contributed by atoms with Crippen LogP contribution in [0, 0.1) is 0 Å². The smallest absolute Gasteiger partial charge is 0.408 e. The highest BCUT2D eigenvalue weighted by atomic mass is 16.6. The van der Waals surface area contributed by atoms with Gasteiger partial charge in [-0.25, -0.2) is 9.59 Å². The van der Waals surface area contributed by atoms with Gasteiger partial charge >= 0.3 is 24.0 Å². The summed E-state index contributed by atoms with van der Waals surface area (Å²) in [7, 11) is 0. The Balaban J connectivity index is 0. The number of aldehydes is 1. The van der Waals surface area contributed by atoms with Crippen molar-refractivity contribution in [3.05, 3.63) is 0 Å². The first-order valence-electron chi connectivity index (χ1n) is 7.66. The van der Waals surface area contributed by atoms with Gasteiger partial charge in [0.1, 0.15) is 24.0 Å². The number of rotatable bonds is 9. The molecule has 0 aliphatic heterocycles. The molecule has 0 saturated carbocycles. The van der Waals surface area contributed by atoms with Crippen molar-refractivity contribution in [2.45, 2.75) is 64.1 Å². The molecule has 150 valence electrons. The maximum Gasteiger partial charge on any atom is 0.408 e. The summed E-state index contributed by atoms with van der Waals surface area (Å²) in [6.45, 7) is 5.02. The van der Waals surface area contributed by atoms with Crippen LogP contribution in [-0.4, -0.2) is 63.3 Å². The molecular weight excluding hydrogens is 352 g/mol. The Labute approximate surface area is 150 Å². The van der Waals surface area contributed by atoms with Gasteiger partial charge in [0, 0.05) is 12.8 Å². The maximum atomic E-state index is 11.3. The molecule has 0 aromatic rings. The molecule has 0 aliphatic rings. The Morgan fingerprint density at radius 1 is 1.08 bits per heavy atom. The molecule has 0 heterocycles. The molecule has 0 radical (unpaired) electrons. The van der Waals surface area contributed by atoms with Crippen molar-refractivity contribution >= 4 is 30.3 Å². The Bertz CT molecular complexity index is 500. The van der Waals surface area contributed by atoms with Gasteiger partial charge in [0.25, 0.3) is 0 Å². The van der Waals surface area contributed by atoms with E-state index in [-0.39, 0.29) is 25.7 Å². The molecule has 2 unspecified atom stereocenters. The van der Waals surface area contributed by atoms with Gasteiger partial charge in [-0.3, -0.25) is 9.59 Å². The Kier molecular flexibility index (Phi) is 12.4. The average Bonchev–Trinajstić information content (AvgIpc) is 2.47. The molecule has 0 rings (SSSR count). The number of carbonyl (C=O) groups excluding carboxylic acids is 2. The van der Waals surface area contributed by atoms with E-state index >= 15 is 0 Å². The molecular formula is C15H26N2O9. The van der Waals surface area contributed by atoms with Gasteiger partial charge in [-0.15, -0.1) is 0 Å². The number of hydrogen-bond acceptors (Lipinski definition) is 7. The highest BCUT2D eigenvalue weighted by Crippen LogP contribution is 2.07. The van der Waals surface area contributed by atoms with Crippen LogP contribution < -0.4 is 11.1 Å². The predicted molar refractivity (Wildman–Crippen MR) is 88.6 cm³/mol. The van der Waals surface area contributed by atoms with Crippen LogP contribution in [0.15, 0.2) is 0 Å². The predicted octanol–water partition coefficient (Wildman–Crippen LogP) is 0.207. The van der Waals surface area contributed by atoms with E-state index in [2.05, 4.69) is 5.32 Å². The first kappa shape index (κ1) is 25.5. The molecule has 0 aromatic heterocycles. The summed E-state index contributed by atoms with van der Waals surface area (Å²) >= 11 is 0. The van der Waals surface area contributed by atoms with Gasteiger partial charge in [-0.05, 0) is 33.6 Å². The van der Waals surface area contributed by atoms with Crippen LogP contribution in [0.1, 0.15) is 46.5 Å². The van der Waals surface area contributed by atoms with E-state index in [0.29, 0.717) is 6.29 Å². The molecule has 0 saturated heterocycles. The summed E-state index contributed by atoms with van der Waals surface area (Å²) in [6.07, 6.45) is -0.291. The number of ether oxygens (including phenoxy) is 1. The van der Waals surface area contributed by atoms with Crippen molar-refractivity contribution in [2.75, 3.05) is 0 Å². The minimum atomic E-state index is -1.19. The van der Waals surface area contributed by atoms with Crippen molar-refractivity contribution in [1.82, 2.24) is 5.32 Å². The number of carbonyl (C=O) groups is 5. The Morgan fingerprint density at radius 3 is 1.96 bits per heavy atom. The van der Waals surface area contributed by atoms with Crippen molar-refractivity contribution in [2.24, 2.45) is 5.73 Å². The van der Waals surface area contributed by atoms with Gasteiger partial charge in [-0.1, -0.05) is 0 Å². The van der Waals surface area contributed by atoms with E-state index in [9.17, 15) is 24.0 Å². The SMILES string of the molecule is CC(C)(C)OC(=O)NC(CCC=O)C(=O)O.NC(CCC(=O)O)C(=O)O. The standard InChI is InChI=1S/C10H17NO5.C5H9NO4/c1-10(2,3)16-9(15)11-7(8(13)14)5-4-6-12;6-3(5(9)10)1-2-4(7)8/h6-7H,4-5H2,1-3H3,(H,11,15)(H,13,14);3H,1-2,6H2,(H,7,8)(H,9,10). The molecule has 26 heavy (non-hydrogen) atoms. The zero-order chi connectivity index (χ0) is 20.9. The van der Waals surface area contributed by atoms with Gasteiger partial charge in [0.2, 0.25) is 0 Å². The topological polar surface area (TPSA) is 193 Å². The van der Waals surface area contributed by atoms with Crippen LogP contribution in [0.3, 0.4) is 0 Å². The summed E-state index contributed by atoms with van der Waals surface area (Å²) in [5, 5.41) is 27.2. The summed E-state index contributed by atoms with van der Waals surface area (Å²) in [4.78, 5) is 52.0. The third kappa shape index (κ3) is 16.2. The van der Waals surface area contributed by atoms with E-state index in [0.717, 1.165) is 0 Å². The number of carboxylic acids is 3. The second kappa shape index (κ2) is 12.6. The number of carboxylic acid groups (broad SMARTS) is 3. The average molecular weight is 378 g/mol. The second-order valence-electron chi connectivity index (χ2n) is 6.16. The number of nitrogens with two attached hydrogens (primary N) is 1. The summed E-state index contributed by atoms with van der Waals surface area (Å²) in [5.74, 6) is -3.38. The largest absolute Gasteiger partial charge is 0.481 e. The number of aliphatic carboxylic acids is 3. The molecule has 0 fully saturated rings. The summed E-state index contributed by atoms with van der Waals surface area (Å²) in [6, 6.07) is -2.16. The molecule has 0 aromatic carbocycles. The lowest BCUT2D eigenvalue weighted by Crippen LogP contribution is -2.43. The summed E-state index contributed by atoms with van der Waals surface area (Å²) < 4.78 is 4.90. The van der Waals surface area contributed by atoms with Crippen LogP contribution in [0.2, 0.25) is 0 Å². The first-order chi connectivity index (χ1) is 11.8. The van der Waals surface area contributed by atoms with Crippen molar-refractivity contribution in [3.8, 4) is 0 Å². The molecule has 11 heteroatoms. The fraction of sp³-hybridized carbons (Fsp3) is 0.667. The lowest BCUT2D eigenvalue weighted by molar-refractivity contribution is -0.141. The highest BCUT2D eigenvalue weighted by Gasteiger charge is 2.23. The van der Waals surface area contributed by atoms with E-state index in [1.807, 2.05) is 0 Å². The quantitative estimate of drug-likeness (QED) is 0.346. The molecule has 11 nitrogen and oxygen atoms in total. The monoisotopic (exact) mass is 378 g/mol. The summed E-state index contributed by atoms with van der Waals surface area (Å²) in [5.41, 5.74) is 4.32. The fourth-order valence-electron chi connectivity index (χ4n) is 1.34. The number of nitrogens with one attached hydrogen (secondary N) is 1. The van der Waals surface area contributed by atoms with E-state index in [4.69, 9.17) is 25.8 Å². The van der Waals surface area contributed by atoms with Crippen LogP contribution >= 0.6 is 0 Å². The molecule has 1 amide bonds. The zero-order valence-electron chi connectivity index (χ0n) is 14.9. The van der Waals surface area contributed by atoms with Crippen LogP contribution in [0.25, 0.3) is 0 Å².